The summed E-state index contributed by atoms with van der Waals surface area (Å²) in [5.74, 6) is -3.80. The molecule has 1 saturated heterocycles. The third-order valence-electron chi connectivity index (χ3n) is 11.2. The molecule has 0 saturated carbocycles. The Morgan fingerprint density at radius 2 is 1.32 bits per heavy atom. The minimum Gasteiger partial charge on any atom is -0.480 e. The molecule has 72 heavy (non-hydrogen) atoms. The number of ketones is 1. The number of carbonyl (C=O) groups is 7. The van der Waals surface area contributed by atoms with Gasteiger partial charge >= 0.3 is 23.9 Å². The molecule has 1 aliphatic heterocycles. The number of carboxylic acid groups (broad SMARTS) is 1. The molecule has 0 bridgehead atoms. The Kier molecular flexibility index (Phi) is 21.2. The molecule has 0 radical (unpaired) electrons. The quantitative estimate of drug-likeness (QED) is 0.0476. The molecule has 3 aromatic rings. The van der Waals surface area contributed by atoms with Crippen LogP contribution in [0.5, 0.6) is 0 Å². The predicted molar refractivity (Wildman–Crippen MR) is 271 cm³/mol. The number of carbonyl (C=O) groups excluding carboxylic acids is 6. The molecule has 7 N–H and O–H groups in total. The normalized spacial score (nSPS) is 15.2. The van der Waals surface area contributed by atoms with Crippen molar-refractivity contribution < 1.29 is 52.9 Å². The van der Waals surface area contributed by atoms with E-state index >= 15 is 0 Å². The molecule has 2 amide bonds. The lowest BCUT2D eigenvalue weighted by molar-refractivity contribution is -0.163. The average molecular weight is 1010 g/mol. The SMILES string of the molecule is CC(C)(C)OC(=O)CN1CCN(CC(=O)OC(C)(C)C)CCN(C(CCC(=O)CCCNC(=O)CC[C@H](NC(=O)c2ccc(NCc3ccc4nc(N)[nH]c(=O)c4c3)cc2)C(=O)O)C(=O)OC(C)(C)C)CC1. The fourth-order valence-electron chi connectivity index (χ4n) is 7.77. The maximum atomic E-state index is 13.9. The number of aliphatic carboxylic acids is 1. The zero-order chi connectivity index (χ0) is 53.4. The average Bonchev–Trinajstić information content (AvgIpc) is 3.34. The van der Waals surface area contributed by atoms with Crippen LogP contribution >= 0.6 is 0 Å². The van der Waals surface area contributed by atoms with E-state index in [-0.39, 0.29) is 74.6 Å². The highest BCUT2D eigenvalue weighted by Crippen LogP contribution is 2.19. The van der Waals surface area contributed by atoms with Gasteiger partial charge in [-0.2, -0.15) is 0 Å². The zero-order valence-electron chi connectivity index (χ0n) is 43.3. The summed E-state index contributed by atoms with van der Waals surface area (Å²) in [5.41, 5.74) is 5.25. The van der Waals surface area contributed by atoms with Crippen molar-refractivity contribution in [1.82, 2.24) is 35.3 Å². The molecule has 2 aromatic carbocycles. The number of hydrogen-bond donors (Lipinski definition) is 6. The number of amides is 2. The first kappa shape index (κ1) is 58.1. The van der Waals surface area contributed by atoms with Gasteiger partial charge < -0.3 is 41.0 Å². The molecule has 2 atom stereocenters. The number of esters is 3. The molecule has 1 fully saturated rings. The fraction of sp³-hybridized carbons (Fsp3) is 0.588. The van der Waals surface area contributed by atoms with Crippen molar-refractivity contribution in [2.45, 2.75) is 136 Å². The van der Waals surface area contributed by atoms with Gasteiger partial charge in [0.1, 0.15) is 34.7 Å². The van der Waals surface area contributed by atoms with Crippen LogP contribution in [0, 0.1) is 0 Å². The summed E-state index contributed by atoms with van der Waals surface area (Å²) in [4.78, 5) is 116. The molecule has 21 nitrogen and oxygen atoms in total. The number of aromatic amines is 1. The van der Waals surface area contributed by atoms with Crippen LogP contribution in [0.25, 0.3) is 10.9 Å². The van der Waals surface area contributed by atoms with E-state index in [0.29, 0.717) is 68.8 Å². The summed E-state index contributed by atoms with van der Waals surface area (Å²) in [5, 5.41) is 18.6. The van der Waals surface area contributed by atoms with Crippen molar-refractivity contribution in [3.8, 4) is 0 Å². The number of Topliss-reactive ketones (excluding diaryl/α,β-unsaturated/α-hetero) is 1. The monoisotopic (exact) mass is 1010 g/mol. The molecule has 4 rings (SSSR count). The number of aromatic nitrogens is 2. The summed E-state index contributed by atoms with van der Waals surface area (Å²) >= 11 is 0. The number of rotatable bonds is 22. The van der Waals surface area contributed by atoms with Crippen molar-refractivity contribution in [2.24, 2.45) is 0 Å². The highest BCUT2D eigenvalue weighted by Gasteiger charge is 2.33. The number of nitrogens with one attached hydrogen (secondary N) is 4. The molecule has 0 aliphatic carbocycles. The summed E-state index contributed by atoms with van der Waals surface area (Å²) in [6.45, 7) is 19.0. The second kappa shape index (κ2) is 26.3. The number of fused-ring (bicyclic) bond motifs is 1. The Labute approximate surface area is 421 Å². The topological polar surface area (TPSA) is 285 Å². The molecule has 1 unspecified atom stereocenters. The highest BCUT2D eigenvalue weighted by molar-refractivity contribution is 5.97. The molecule has 21 heteroatoms. The minimum atomic E-state index is -1.35. The molecule has 1 aliphatic rings. The number of H-pyrrole nitrogens is 1. The number of hydrogen-bond acceptors (Lipinski definition) is 17. The summed E-state index contributed by atoms with van der Waals surface area (Å²) in [6, 6.07) is 9.42. The molecular weight excluding hydrogens is 931 g/mol. The number of nitrogen functional groups attached to an aromatic ring is 1. The molecule has 2 heterocycles. The summed E-state index contributed by atoms with van der Waals surface area (Å²) in [6.07, 6.45) is 0.212. The second-order valence-electron chi connectivity index (χ2n) is 21.0. The van der Waals surface area contributed by atoms with Crippen LogP contribution in [0.1, 0.15) is 117 Å². The highest BCUT2D eigenvalue weighted by atomic mass is 16.6. The van der Waals surface area contributed by atoms with Crippen molar-refractivity contribution >= 4 is 64.0 Å². The standard InChI is InChI=1S/C51H75N9O12/c1-49(2,3)70-42(63)31-58-23-24-59(32-43(64)71-50(4,5)6)26-28-60(27-25-58)40(47(69)72-51(7,8)9)20-17-36(61)11-10-22-53-41(62)21-19-39(46(67)68)55-44(65)34-13-15-35(16-14-34)54-30-33-12-18-38-37(29-33)45(66)57-48(52)56-38/h12-16,18,29,39-40,54H,10-11,17,19-28,30-32H2,1-9H3,(H,53,62)(H,55,65)(H,67,68)(H3,52,56,57,66)/t39-,40?/m0/s1. The lowest BCUT2D eigenvalue weighted by atomic mass is 10.0. The van der Waals surface area contributed by atoms with Crippen LogP contribution in [-0.2, 0) is 49.5 Å². The van der Waals surface area contributed by atoms with E-state index in [1.807, 2.05) is 20.8 Å². The molecule has 396 valence electrons. The van der Waals surface area contributed by atoms with Crippen LogP contribution in [0.3, 0.4) is 0 Å². The van der Waals surface area contributed by atoms with Crippen LogP contribution < -0.4 is 27.2 Å². The summed E-state index contributed by atoms with van der Waals surface area (Å²) < 4.78 is 17.1. The fourth-order valence-corrected chi connectivity index (χ4v) is 7.77. The Morgan fingerprint density at radius 1 is 0.750 bits per heavy atom. The van der Waals surface area contributed by atoms with Crippen LogP contribution in [0.15, 0.2) is 47.3 Å². The number of nitrogens with two attached hydrogens (primary N) is 1. The van der Waals surface area contributed by atoms with Crippen LogP contribution in [-0.4, -0.2) is 159 Å². The molecular formula is C51H75N9O12. The van der Waals surface area contributed by atoms with E-state index in [1.54, 1.807) is 86.6 Å². The number of nitrogens with zero attached hydrogens (tertiary/aromatic N) is 4. The van der Waals surface area contributed by atoms with Crippen molar-refractivity contribution in [1.29, 1.82) is 0 Å². The van der Waals surface area contributed by atoms with E-state index in [9.17, 15) is 43.5 Å². The minimum absolute atomic E-state index is 0.000873. The van der Waals surface area contributed by atoms with E-state index in [1.165, 1.54) is 12.1 Å². The molecule has 1 aromatic heterocycles. The second-order valence-corrected chi connectivity index (χ2v) is 21.0. The van der Waals surface area contributed by atoms with E-state index in [4.69, 9.17) is 19.9 Å². The number of anilines is 2. The van der Waals surface area contributed by atoms with Gasteiger partial charge in [0, 0.05) is 82.9 Å². The molecule has 0 spiro atoms. The number of benzene rings is 2. The third-order valence-corrected chi connectivity index (χ3v) is 11.2. The van der Waals surface area contributed by atoms with Gasteiger partial charge in [-0.3, -0.25) is 53.2 Å². The number of carboxylic acids is 1. The van der Waals surface area contributed by atoms with Gasteiger partial charge in [-0.25, -0.2) is 9.78 Å². The van der Waals surface area contributed by atoms with Gasteiger partial charge in [0.15, 0.2) is 0 Å². The van der Waals surface area contributed by atoms with E-state index in [2.05, 4.69) is 25.9 Å². The van der Waals surface area contributed by atoms with Crippen LogP contribution in [0.2, 0.25) is 0 Å². The lowest BCUT2D eigenvalue weighted by Gasteiger charge is -2.33. The maximum absolute atomic E-state index is 13.9. The summed E-state index contributed by atoms with van der Waals surface area (Å²) in [7, 11) is 0. The number of ether oxygens (including phenoxy) is 3. The third kappa shape index (κ3) is 21.1. The lowest BCUT2D eigenvalue weighted by Crippen LogP contribution is -2.49. The van der Waals surface area contributed by atoms with Gasteiger partial charge in [0.25, 0.3) is 11.5 Å². The zero-order valence-corrected chi connectivity index (χ0v) is 43.3. The Balaban J connectivity index is 1.27. The predicted octanol–water partition coefficient (Wildman–Crippen LogP) is 3.64. The van der Waals surface area contributed by atoms with Gasteiger partial charge in [-0.1, -0.05) is 6.07 Å². The van der Waals surface area contributed by atoms with E-state index < -0.39 is 64.6 Å². The van der Waals surface area contributed by atoms with Crippen molar-refractivity contribution in [3.63, 3.8) is 0 Å². The van der Waals surface area contributed by atoms with Gasteiger partial charge in [0.05, 0.1) is 24.0 Å². The smallest absolute Gasteiger partial charge is 0.326 e. The largest absolute Gasteiger partial charge is 0.480 e. The van der Waals surface area contributed by atoms with Crippen molar-refractivity contribution in [3.05, 3.63) is 63.9 Å². The van der Waals surface area contributed by atoms with Gasteiger partial charge in [0.2, 0.25) is 11.9 Å². The van der Waals surface area contributed by atoms with E-state index in [0.717, 1.165) is 5.56 Å². The first-order valence-electron chi connectivity index (χ1n) is 24.4. The Bertz CT molecular complexity index is 2380. The Morgan fingerprint density at radius 3 is 1.88 bits per heavy atom. The van der Waals surface area contributed by atoms with Gasteiger partial charge in [-0.15, -0.1) is 0 Å². The first-order chi connectivity index (χ1) is 33.6. The Hall–Kier alpha value is -6.45. The maximum Gasteiger partial charge on any atom is 0.326 e. The van der Waals surface area contributed by atoms with Gasteiger partial charge in [-0.05, 0) is 124 Å². The van der Waals surface area contributed by atoms with Crippen LogP contribution in [0.4, 0.5) is 11.6 Å². The first-order valence-corrected chi connectivity index (χ1v) is 24.4. The van der Waals surface area contributed by atoms with Crippen molar-refractivity contribution in [2.75, 3.05) is 70.0 Å².